The van der Waals surface area contributed by atoms with Crippen LogP contribution in [-0.2, 0) is 6.42 Å². The van der Waals surface area contributed by atoms with Crippen LogP contribution in [0.5, 0.6) is 5.75 Å². The molecular weight excluding hydrogens is 308 g/mol. The Morgan fingerprint density at radius 3 is 2.76 bits per heavy atom. The van der Waals surface area contributed by atoms with E-state index in [4.69, 9.17) is 4.74 Å². The molecule has 3 nitrogen and oxygen atoms in total. The van der Waals surface area contributed by atoms with Crippen LogP contribution < -0.4 is 10.1 Å². The van der Waals surface area contributed by atoms with Crippen molar-refractivity contribution in [2.75, 3.05) is 33.7 Å². The second-order valence-electron chi connectivity index (χ2n) is 8.90. The van der Waals surface area contributed by atoms with Gasteiger partial charge in [0.2, 0.25) is 0 Å². The topological polar surface area (TPSA) is 24.5 Å². The fourth-order valence-corrected chi connectivity index (χ4v) is 5.27. The highest BCUT2D eigenvalue weighted by molar-refractivity contribution is 5.37. The van der Waals surface area contributed by atoms with Crippen molar-refractivity contribution in [2.45, 2.75) is 45.6 Å². The van der Waals surface area contributed by atoms with E-state index in [0.717, 1.165) is 37.7 Å². The largest absolute Gasteiger partial charge is 0.487 e. The number of benzene rings is 1. The van der Waals surface area contributed by atoms with Crippen molar-refractivity contribution in [1.29, 1.82) is 0 Å². The van der Waals surface area contributed by atoms with Crippen LogP contribution >= 0.6 is 0 Å². The van der Waals surface area contributed by atoms with Gasteiger partial charge in [-0.25, -0.2) is 0 Å². The van der Waals surface area contributed by atoms with E-state index in [1.165, 1.54) is 18.4 Å². The molecule has 2 aliphatic rings. The lowest BCUT2D eigenvalue weighted by molar-refractivity contribution is -0.0887. The number of hydrogen-bond donors (Lipinski definition) is 1. The van der Waals surface area contributed by atoms with Crippen LogP contribution in [-0.4, -0.2) is 44.2 Å². The van der Waals surface area contributed by atoms with Gasteiger partial charge in [-0.3, -0.25) is 0 Å². The van der Waals surface area contributed by atoms with Crippen LogP contribution in [0.3, 0.4) is 0 Å². The third-order valence-electron chi connectivity index (χ3n) is 6.65. The summed E-state index contributed by atoms with van der Waals surface area (Å²) in [5, 5.41) is 3.73. The van der Waals surface area contributed by atoms with E-state index in [-0.39, 0.29) is 5.60 Å². The van der Waals surface area contributed by atoms with Crippen LogP contribution in [0.2, 0.25) is 0 Å². The summed E-state index contributed by atoms with van der Waals surface area (Å²) >= 11 is 0. The van der Waals surface area contributed by atoms with Crippen LogP contribution in [0.1, 0.15) is 39.2 Å². The second-order valence-corrected chi connectivity index (χ2v) is 8.90. The summed E-state index contributed by atoms with van der Waals surface area (Å²) in [6.07, 6.45) is 3.55. The summed E-state index contributed by atoms with van der Waals surface area (Å²) in [6.45, 7) is 10.7. The number of para-hydroxylation sites is 1. The van der Waals surface area contributed by atoms with Crippen molar-refractivity contribution in [3.05, 3.63) is 29.8 Å². The van der Waals surface area contributed by atoms with E-state index in [1.807, 2.05) is 0 Å². The SMILES string of the molecule is C[C@@H]1[C@@H](CNCCCN(C)C)[C@H](C)C[C@]2(C)Oc3ccccc3C[C@H]12. The van der Waals surface area contributed by atoms with Gasteiger partial charge in [0, 0.05) is 5.92 Å². The number of rotatable bonds is 6. The van der Waals surface area contributed by atoms with E-state index < -0.39 is 0 Å². The first-order valence-electron chi connectivity index (χ1n) is 10.0. The van der Waals surface area contributed by atoms with Crippen molar-refractivity contribution < 1.29 is 4.74 Å². The first kappa shape index (κ1) is 18.7. The molecule has 0 bridgehead atoms. The summed E-state index contributed by atoms with van der Waals surface area (Å²) in [4.78, 5) is 2.26. The lowest BCUT2D eigenvalue weighted by atomic mass is 9.59. The normalized spacial score (nSPS) is 34.3. The molecule has 1 aliphatic carbocycles. The molecule has 0 unspecified atom stereocenters. The van der Waals surface area contributed by atoms with Crippen molar-refractivity contribution in [3.63, 3.8) is 0 Å². The Kier molecular flexibility index (Phi) is 5.75. The highest BCUT2D eigenvalue weighted by atomic mass is 16.5. The molecule has 1 heterocycles. The van der Waals surface area contributed by atoms with E-state index in [2.05, 4.69) is 69.3 Å². The zero-order valence-electron chi connectivity index (χ0n) is 16.7. The standard InChI is InChI=1S/C22H36N2O/c1-16-14-22(3)20(13-18-9-6-7-10-21(18)25-22)17(2)19(16)15-23-11-8-12-24(4)5/h6-7,9-10,16-17,19-20,23H,8,11-15H2,1-5H3/t16-,17-,19+,20-,22+/m1/s1. The lowest BCUT2D eigenvalue weighted by Gasteiger charge is -2.53. The Morgan fingerprint density at radius 1 is 1.24 bits per heavy atom. The first-order chi connectivity index (χ1) is 11.9. The summed E-state index contributed by atoms with van der Waals surface area (Å²) in [5.41, 5.74) is 1.39. The monoisotopic (exact) mass is 344 g/mol. The molecular formula is C22H36N2O. The third kappa shape index (κ3) is 4.03. The molecule has 3 rings (SSSR count). The number of fused-ring (bicyclic) bond motifs is 2. The minimum atomic E-state index is -0.00535. The maximum absolute atomic E-state index is 6.56. The zero-order valence-corrected chi connectivity index (χ0v) is 16.7. The molecule has 5 atom stereocenters. The highest BCUT2D eigenvalue weighted by Gasteiger charge is 2.51. The molecule has 0 radical (unpaired) electrons. The zero-order chi connectivity index (χ0) is 18.0. The minimum Gasteiger partial charge on any atom is -0.487 e. The lowest BCUT2D eigenvalue weighted by Crippen LogP contribution is -2.56. The number of hydrogen-bond acceptors (Lipinski definition) is 3. The van der Waals surface area contributed by atoms with Crippen LogP contribution in [0, 0.1) is 23.7 Å². The number of ether oxygens (including phenoxy) is 1. The van der Waals surface area contributed by atoms with E-state index in [0.29, 0.717) is 17.8 Å². The fourth-order valence-electron chi connectivity index (χ4n) is 5.27. The van der Waals surface area contributed by atoms with Crippen LogP contribution in [0.4, 0.5) is 0 Å². The Balaban J connectivity index is 1.64. The van der Waals surface area contributed by atoms with Gasteiger partial charge in [-0.2, -0.15) is 0 Å². The molecule has 0 spiro atoms. The van der Waals surface area contributed by atoms with Gasteiger partial charge < -0.3 is 15.0 Å². The van der Waals surface area contributed by atoms with Crippen LogP contribution in [0.15, 0.2) is 24.3 Å². The maximum atomic E-state index is 6.56. The predicted molar refractivity (Wildman–Crippen MR) is 105 cm³/mol. The van der Waals surface area contributed by atoms with Gasteiger partial charge in [0.15, 0.2) is 0 Å². The Labute approximate surface area is 154 Å². The molecule has 140 valence electrons. The van der Waals surface area contributed by atoms with Gasteiger partial charge in [-0.1, -0.05) is 32.0 Å². The molecule has 1 fully saturated rings. The van der Waals surface area contributed by atoms with Gasteiger partial charge in [-0.05, 0) is 89.3 Å². The molecule has 0 saturated heterocycles. The van der Waals surface area contributed by atoms with Crippen molar-refractivity contribution in [2.24, 2.45) is 23.7 Å². The Bertz CT molecular complexity index is 573. The minimum absolute atomic E-state index is 0.00535. The van der Waals surface area contributed by atoms with Gasteiger partial charge in [-0.15, -0.1) is 0 Å². The van der Waals surface area contributed by atoms with Gasteiger partial charge >= 0.3 is 0 Å². The summed E-state index contributed by atoms with van der Waals surface area (Å²) in [5.74, 6) is 3.85. The summed E-state index contributed by atoms with van der Waals surface area (Å²) in [7, 11) is 4.29. The quantitative estimate of drug-likeness (QED) is 0.794. The molecule has 0 amide bonds. The molecule has 1 N–H and O–H groups in total. The maximum Gasteiger partial charge on any atom is 0.123 e. The highest BCUT2D eigenvalue weighted by Crippen LogP contribution is 2.51. The number of nitrogens with zero attached hydrogens (tertiary/aromatic N) is 1. The van der Waals surface area contributed by atoms with E-state index in [9.17, 15) is 0 Å². The molecule has 1 aromatic rings. The van der Waals surface area contributed by atoms with Crippen molar-refractivity contribution in [3.8, 4) is 5.75 Å². The van der Waals surface area contributed by atoms with E-state index >= 15 is 0 Å². The van der Waals surface area contributed by atoms with E-state index in [1.54, 1.807) is 0 Å². The smallest absolute Gasteiger partial charge is 0.123 e. The average molecular weight is 345 g/mol. The molecule has 1 aliphatic heterocycles. The van der Waals surface area contributed by atoms with Crippen molar-refractivity contribution in [1.82, 2.24) is 10.2 Å². The molecule has 1 aromatic carbocycles. The van der Waals surface area contributed by atoms with Crippen LogP contribution in [0.25, 0.3) is 0 Å². The average Bonchev–Trinajstić information content (AvgIpc) is 2.55. The molecule has 3 heteroatoms. The van der Waals surface area contributed by atoms with Gasteiger partial charge in [0.05, 0.1) is 0 Å². The van der Waals surface area contributed by atoms with Gasteiger partial charge in [0.25, 0.3) is 0 Å². The van der Waals surface area contributed by atoms with Gasteiger partial charge in [0.1, 0.15) is 11.4 Å². The predicted octanol–water partition coefficient (Wildman–Crippen LogP) is 3.83. The van der Waals surface area contributed by atoms with Crippen molar-refractivity contribution >= 4 is 0 Å². The third-order valence-corrected chi connectivity index (χ3v) is 6.65. The Morgan fingerprint density at radius 2 is 2.00 bits per heavy atom. The molecule has 25 heavy (non-hydrogen) atoms. The summed E-state index contributed by atoms with van der Waals surface area (Å²) in [6, 6.07) is 8.63. The molecule has 0 aromatic heterocycles. The second kappa shape index (κ2) is 7.67. The fraction of sp³-hybridized carbons (Fsp3) is 0.727. The first-order valence-corrected chi connectivity index (χ1v) is 10.0. The summed E-state index contributed by atoms with van der Waals surface area (Å²) < 4.78 is 6.56. The number of nitrogens with one attached hydrogen (secondary N) is 1. The molecule has 1 saturated carbocycles. The Hall–Kier alpha value is -1.06.